The van der Waals surface area contributed by atoms with Gasteiger partial charge in [0.1, 0.15) is 12.4 Å². The summed E-state index contributed by atoms with van der Waals surface area (Å²) in [5.74, 6) is 2.27. The van der Waals surface area contributed by atoms with Crippen molar-refractivity contribution in [3.63, 3.8) is 0 Å². The van der Waals surface area contributed by atoms with Crippen molar-refractivity contribution in [2.75, 3.05) is 20.8 Å². The minimum atomic E-state index is 0.431. The summed E-state index contributed by atoms with van der Waals surface area (Å²) in [6.45, 7) is 5.52. The summed E-state index contributed by atoms with van der Waals surface area (Å²) in [4.78, 5) is 0. The van der Waals surface area contributed by atoms with Gasteiger partial charge in [0.2, 0.25) is 0 Å². The average Bonchev–Trinajstić information content (AvgIpc) is 2.60. The zero-order chi connectivity index (χ0) is 17.4. The zero-order valence-corrected chi connectivity index (χ0v) is 15.6. The van der Waals surface area contributed by atoms with Crippen LogP contribution in [0.15, 0.2) is 53.5 Å². The summed E-state index contributed by atoms with van der Waals surface area (Å²) < 4.78 is 17.3. The fourth-order valence-electron chi connectivity index (χ4n) is 2.35. The van der Waals surface area contributed by atoms with E-state index in [4.69, 9.17) is 14.2 Å². The number of hydrogen-bond acceptors (Lipinski definition) is 4. The largest absolute Gasteiger partial charge is 0.496 e. The van der Waals surface area contributed by atoms with Crippen LogP contribution in [0.4, 0.5) is 0 Å². The standard InChI is InChI=1S/C19H22BrNO3/c1-4-9-24-19-16(20)10-14(11-18(19)23-3)12-21-13-15-7-5-6-8-17(15)22-2/h4-8,10-11,21H,1,9,12-13H2,2-3H3. The van der Waals surface area contributed by atoms with E-state index in [0.717, 1.165) is 27.9 Å². The molecule has 0 aromatic heterocycles. The van der Waals surface area contributed by atoms with Crippen LogP contribution >= 0.6 is 15.9 Å². The van der Waals surface area contributed by atoms with Crippen molar-refractivity contribution in [3.8, 4) is 17.2 Å². The Labute approximate surface area is 151 Å². The first kappa shape index (κ1) is 18.4. The minimum Gasteiger partial charge on any atom is -0.496 e. The van der Waals surface area contributed by atoms with E-state index in [2.05, 4.69) is 33.9 Å². The lowest BCUT2D eigenvalue weighted by Crippen LogP contribution is -2.13. The fraction of sp³-hybridized carbons (Fsp3) is 0.263. The average molecular weight is 392 g/mol. The molecule has 0 saturated heterocycles. The molecule has 0 saturated carbocycles. The van der Waals surface area contributed by atoms with Gasteiger partial charge in [0.15, 0.2) is 11.5 Å². The van der Waals surface area contributed by atoms with E-state index in [1.165, 1.54) is 0 Å². The molecule has 0 unspecified atom stereocenters. The van der Waals surface area contributed by atoms with Crippen LogP contribution in [0.3, 0.4) is 0 Å². The summed E-state index contributed by atoms with van der Waals surface area (Å²) in [6, 6.07) is 12.0. The molecule has 0 amide bonds. The quantitative estimate of drug-likeness (QED) is 0.646. The molecule has 0 fully saturated rings. The Hall–Kier alpha value is -1.98. The molecule has 24 heavy (non-hydrogen) atoms. The van der Waals surface area contributed by atoms with E-state index < -0.39 is 0 Å². The van der Waals surface area contributed by atoms with E-state index >= 15 is 0 Å². The molecule has 2 aromatic rings. The molecular weight excluding hydrogens is 370 g/mol. The topological polar surface area (TPSA) is 39.7 Å². The van der Waals surface area contributed by atoms with Crippen LogP contribution in [-0.4, -0.2) is 20.8 Å². The molecule has 2 aromatic carbocycles. The van der Waals surface area contributed by atoms with E-state index in [1.54, 1.807) is 20.3 Å². The van der Waals surface area contributed by atoms with Gasteiger partial charge in [-0.05, 0) is 39.7 Å². The summed E-state index contributed by atoms with van der Waals surface area (Å²) in [6.07, 6.45) is 1.70. The Morgan fingerprint density at radius 2 is 1.83 bits per heavy atom. The molecule has 0 atom stereocenters. The van der Waals surface area contributed by atoms with Crippen molar-refractivity contribution in [1.29, 1.82) is 0 Å². The van der Waals surface area contributed by atoms with Crippen molar-refractivity contribution in [1.82, 2.24) is 5.32 Å². The van der Waals surface area contributed by atoms with Crippen molar-refractivity contribution in [2.24, 2.45) is 0 Å². The van der Waals surface area contributed by atoms with Gasteiger partial charge in [0, 0.05) is 18.7 Å². The fourth-order valence-corrected chi connectivity index (χ4v) is 2.95. The molecule has 4 nitrogen and oxygen atoms in total. The Balaban J connectivity index is 2.04. The van der Waals surface area contributed by atoms with Gasteiger partial charge >= 0.3 is 0 Å². The van der Waals surface area contributed by atoms with E-state index in [9.17, 15) is 0 Å². The number of hydrogen-bond donors (Lipinski definition) is 1. The lowest BCUT2D eigenvalue weighted by Gasteiger charge is -2.14. The molecule has 0 aliphatic carbocycles. The molecule has 0 radical (unpaired) electrons. The molecule has 0 bridgehead atoms. The second-order valence-corrected chi connectivity index (χ2v) is 5.98. The highest BCUT2D eigenvalue weighted by Gasteiger charge is 2.11. The van der Waals surface area contributed by atoms with Gasteiger partial charge in [-0.2, -0.15) is 0 Å². The van der Waals surface area contributed by atoms with E-state index in [-0.39, 0.29) is 0 Å². The van der Waals surface area contributed by atoms with Crippen molar-refractivity contribution in [3.05, 3.63) is 64.7 Å². The normalized spacial score (nSPS) is 10.3. The molecular formula is C19H22BrNO3. The third kappa shape index (κ3) is 4.76. The van der Waals surface area contributed by atoms with E-state index in [0.29, 0.717) is 24.7 Å². The number of para-hydroxylation sites is 1. The van der Waals surface area contributed by atoms with Crippen LogP contribution in [0, 0.1) is 0 Å². The lowest BCUT2D eigenvalue weighted by molar-refractivity contribution is 0.324. The number of methoxy groups -OCH3 is 2. The molecule has 2 rings (SSSR count). The van der Waals surface area contributed by atoms with Crippen molar-refractivity contribution < 1.29 is 14.2 Å². The predicted octanol–water partition coefficient (Wildman–Crippen LogP) is 4.32. The maximum absolute atomic E-state index is 5.64. The molecule has 0 spiro atoms. The van der Waals surface area contributed by atoms with Crippen LogP contribution in [0.2, 0.25) is 0 Å². The molecule has 0 aliphatic heterocycles. The second-order valence-electron chi connectivity index (χ2n) is 5.12. The van der Waals surface area contributed by atoms with Gasteiger partial charge in [0.25, 0.3) is 0 Å². The highest BCUT2D eigenvalue weighted by atomic mass is 79.9. The first-order valence-electron chi connectivity index (χ1n) is 7.62. The first-order chi connectivity index (χ1) is 11.7. The van der Waals surface area contributed by atoms with Gasteiger partial charge in [-0.15, -0.1) is 0 Å². The monoisotopic (exact) mass is 391 g/mol. The number of benzene rings is 2. The number of rotatable bonds is 9. The highest BCUT2D eigenvalue weighted by molar-refractivity contribution is 9.10. The van der Waals surface area contributed by atoms with Crippen molar-refractivity contribution >= 4 is 15.9 Å². The lowest BCUT2D eigenvalue weighted by atomic mass is 10.1. The minimum absolute atomic E-state index is 0.431. The third-order valence-electron chi connectivity index (χ3n) is 3.47. The van der Waals surface area contributed by atoms with Gasteiger partial charge in [-0.3, -0.25) is 0 Å². The summed E-state index contributed by atoms with van der Waals surface area (Å²) in [5.41, 5.74) is 2.22. The van der Waals surface area contributed by atoms with Crippen LogP contribution in [0.1, 0.15) is 11.1 Å². The van der Waals surface area contributed by atoms with Gasteiger partial charge in [-0.1, -0.05) is 30.9 Å². The van der Waals surface area contributed by atoms with Crippen LogP contribution < -0.4 is 19.5 Å². The van der Waals surface area contributed by atoms with E-state index in [1.807, 2.05) is 30.3 Å². The smallest absolute Gasteiger partial charge is 0.175 e. The molecule has 128 valence electrons. The Morgan fingerprint density at radius 1 is 1.08 bits per heavy atom. The van der Waals surface area contributed by atoms with Crippen LogP contribution in [0.5, 0.6) is 17.2 Å². The second kappa shape index (κ2) is 9.35. The Bertz CT molecular complexity index is 688. The Kier molecular flexibility index (Phi) is 7.15. The zero-order valence-electron chi connectivity index (χ0n) is 14.0. The van der Waals surface area contributed by atoms with Gasteiger partial charge in [0.05, 0.1) is 18.7 Å². The highest BCUT2D eigenvalue weighted by Crippen LogP contribution is 2.36. The van der Waals surface area contributed by atoms with Gasteiger partial charge < -0.3 is 19.5 Å². The maximum Gasteiger partial charge on any atom is 0.175 e. The summed E-state index contributed by atoms with van der Waals surface area (Å²) in [7, 11) is 3.32. The molecule has 5 heteroatoms. The molecule has 0 aliphatic rings. The SMILES string of the molecule is C=CCOc1c(Br)cc(CNCc2ccccc2OC)cc1OC. The number of nitrogens with one attached hydrogen (secondary N) is 1. The van der Waals surface area contributed by atoms with Crippen molar-refractivity contribution in [2.45, 2.75) is 13.1 Å². The Morgan fingerprint density at radius 3 is 2.54 bits per heavy atom. The first-order valence-corrected chi connectivity index (χ1v) is 8.41. The third-order valence-corrected chi connectivity index (χ3v) is 4.06. The van der Waals surface area contributed by atoms with Crippen LogP contribution in [-0.2, 0) is 13.1 Å². The summed E-state index contributed by atoms with van der Waals surface area (Å²) >= 11 is 3.54. The van der Waals surface area contributed by atoms with Crippen LogP contribution in [0.25, 0.3) is 0 Å². The molecule has 0 heterocycles. The molecule has 1 N–H and O–H groups in total. The predicted molar refractivity (Wildman–Crippen MR) is 99.9 cm³/mol. The number of halogens is 1. The summed E-state index contributed by atoms with van der Waals surface area (Å²) in [5, 5.41) is 3.42. The number of ether oxygens (including phenoxy) is 3. The maximum atomic E-state index is 5.64. The van der Waals surface area contributed by atoms with Gasteiger partial charge in [-0.25, -0.2) is 0 Å².